The van der Waals surface area contributed by atoms with Crippen molar-refractivity contribution >= 4 is 25.8 Å². The van der Waals surface area contributed by atoms with Gasteiger partial charge in [-0.25, -0.2) is 0 Å². The van der Waals surface area contributed by atoms with Gasteiger partial charge in [-0.15, -0.1) is 0 Å². The van der Waals surface area contributed by atoms with Gasteiger partial charge in [-0.2, -0.15) is 0 Å². The third-order valence-electron chi connectivity index (χ3n) is 4.78. The molecule has 0 aliphatic carbocycles. The molecule has 0 radical (unpaired) electrons. The Morgan fingerprint density at radius 3 is 1.90 bits per heavy atom. The van der Waals surface area contributed by atoms with Crippen molar-refractivity contribution in [2.45, 2.75) is 26.2 Å². The van der Waals surface area contributed by atoms with E-state index < -0.39 is 15.4 Å². The number of benzene rings is 2. The van der Waals surface area contributed by atoms with Gasteiger partial charge >= 0.3 is 0 Å². The third kappa shape index (κ3) is 2.89. The van der Waals surface area contributed by atoms with Gasteiger partial charge in [0.15, 0.2) is 0 Å². The highest BCUT2D eigenvalue weighted by molar-refractivity contribution is 7.48. The Hall–Kier alpha value is -1.21. The molecule has 0 saturated carbocycles. The number of aliphatic hydroxyl groups is 1. The molecule has 0 aliphatic heterocycles. The summed E-state index contributed by atoms with van der Waals surface area (Å²) < 4.78 is 6.15. The van der Waals surface area contributed by atoms with Gasteiger partial charge in [-0.3, -0.25) is 0 Å². The van der Waals surface area contributed by atoms with Crippen molar-refractivity contribution in [3.63, 3.8) is 0 Å². The van der Waals surface area contributed by atoms with Crippen LogP contribution in [0.25, 0.3) is 0 Å². The average Bonchev–Trinajstić information content (AvgIpc) is 2.54. The van der Waals surface area contributed by atoms with Crippen LogP contribution >= 0.6 is 0 Å². The first-order valence-corrected chi connectivity index (χ1v) is 13.7. The zero-order valence-corrected chi connectivity index (χ0v) is 15.3. The average molecular weight is 317 g/mol. The first kappa shape index (κ1) is 16.2. The summed E-state index contributed by atoms with van der Waals surface area (Å²) >= 11 is 0. The molecule has 0 amide bonds. The van der Waals surface area contributed by atoms with Crippen LogP contribution in [0.3, 0.4) is 0 Å². The fraction of sp³-hybridized carbons (Fsp3) is 0.294. The van der Waals surface area contributed by atoms with Crippen LogP contribution in [0.15, 0.2) is 54.6 Å². The van der Waals surface area contributed by atoms with Crippen molar-refractivity contribution in [2.24, 2.45) is 0 Å². The molecule has 112 valence electrons. The summed E-state index contributed by atoms with van der Waals surface area (Å²) in [6.07, 6.45) is 0. The highest BCUT2D eigenvalue weighted by Gasteiger charge is 2.48. The van der Waals surface area contributed by atoms with Crippen LogP contribution in [0.5, 0.6) is 0 Å². The molecule has 2 nitrogen and oxygen atoms in total. The van der Waals surface area contributed by atoms with Crippen molar-refractivity contribution in [2.75, 3.05) is 7.11 Å². The molecule has 0 aromatic heterocycles. The standard InChI is InChI=1S/C17H24O2Si2/c1-19-21(4,17-12-10-15(14-18)11-13-17)20(2,3)16-8-6-5-7-9-16/h5-13,18H,14H2,1-4H3. The van der Waals surface area contributed by atoms with E-state index in [4.69, 9.17) is 4.43 Å². The predicted octanol–water partition coefficient (Wildman–Crippen LogP) is 2.30. The topological polar surface area (TPSA) is 29.5 Å². The van der Waals surface area contributed by atoms with Gasteiger partial charge in [0.25, 0.3) is 0 Å². The van der Waals surface area contributed by atoms with E-state index in [1.54, 1.807) is 0 Å². The molecule has 0 aliphatic rings. The first-order chi connectivity index (χ1) is 9.95. The number of aliphatic hydroxyl groups excluding tert-OH is 1. The summed E-state index contributed by atoms with van der Waals surface area (Å²) in [5.41, 5.74) is 0.949. The summed E-state index contributed by atoms with van der Waals surface area (Å²) in [5, 5.41) is 12.0. The lowest BCUT2D eigenvalue weighted by molar-refractivity contribution is 0.282. The van der Waals surface area contributed by atoms with Crippen LogP contribution in [0.4, 0.5) is 0 Å². The summed E-state index contributed by atoms with van der Waals surface area (Å²) in [4.78, 5) is 0. The van der Waals surface area contributed by atoms with E-state index in [0.29, 0.717) is 0 Å². The zero-order chi connectivity index (χ0) is 15.5. The lowest BCUT2D eigenvalue weighted by Gasteiger charge is -2.40. The van der Waals surface area contributed by atoms with E-state index in [0.717, 1.165) is 5.56 Å². The fourth-order valence-corrected chi connectivity index (χ4v) is 13.0. The van der Waals surface area contributed by atoms with Gasteiger partial charge in [0.05, 0.1) is 6.61 Å². The first-order valence-electron chi connectivity index (χ1n) is 7.26. The second kappa shape index (κ2) is 6.28. The summed E-state index contributed by atoms with van der Waals surface area (Å²) in [6, 6.07) is 19.1. The third-order valence-corrected chi connectivity index (χ3v) is 20.7. The van der Waals surface area contributed by atoms with E-state index in [9.17, 15) is 5.11 Å². The van der Waals surface area contributed by atoms with Gasteiger partial charge in [0.1, 0.15) is 7.59 Å². The molecule has 0 saturated heterocycles. The second-order valence-corrected chi connectivity index (χ2v) is 19.6. The normalized spacial score (nSPS) is 14.7. The highest BCUT2D eigenvalue weighted by atomic mass is 29.3. The minimum absolute atomic E-state index is 0.0883. The Balaban J connectivity index is 2.48. The lowest BCUT2D eigenvalue weighted by Crippen LogP contribution is -2.72. The molecule has 0 heterocycles. The van der Waals surface area contributed by atoms with E-state index in [2.05, 4.69) is 62.1 Å². The molecule has 21 heavy (non-hydrogen) atoms. The summed E-state index contributed by atoms with van der Waals surface area (Å²) in [5.74, 6) is 0. The molecular formula is C17H24O2Si2. The Kier molecular flexibility index (Phi) is 4.83. The van der Waals surface area contributed by atoms with E-state index >= 15 is 0 Å². The Bertz CT molecular complexity index is 581. The van der Waals surface area contributed by atoms with E-state index in [-0.39, 0.29) is 6.61 Å². The van der Waals surface area contributed by atoms with Crippen molar-refractivity contribution < 1.29 is 9.53 Å². The van der Waals surface area contributed by atoms with Gasteiger partial charge in [0, 0.05) is 7.11 Å². The quantitative estimate of drug-likeness (QED) is 0.858. The van der Waals surface area contributed by atoms with Crippen molar-refractivity contribution in [3.8, 4) is 0 Å². The number of hydrogen-bond donors (Lipinski definition) is 1. The van der Waals surface area contributed by atoms with Crippen LogP contribution < -0.4 is 10.4 Å². The molecule has 2 aromatic carbocycles. The largest absolute Gasteiger partial charge is 0.418 e. The predicted molar refractivity (Wildman–Crippen MR) is 94.2 cm³/mol. The van der Waals surface area contributed by atoms with Crippen molar-refractivity contribution in [1.29, 1.82) is 0 Å². The van der Waals surface area contributed by atoms with Crippen LogP contribution in [0.2, 0.25) is 19.6 Å². The zero-order valence-electron chi connectivity index (χ0n) is 13.3. The number of hydrogen-bond acceptors (Lipinski definition) is 2. The molecule has 0 spiro atoms. The maximum Gasteiger partial charge on any atom is 0.211 e. The highest BCUT2D eigenvalue weighted by Crippen LogP contribution is 2.20. The Labute approximate surface area is 129 Å². The monoisotopic (exact) mass is 316 g/mol. The maximum atomic E-state index is 9.22. The van der Waals surface area contributed by atoms with Crippen molar-refractivity contribution in [1.82, 2.24) is 0 Å². The van der Waals surface area contributed by atoms with Gasteiger partial charge in [-0.1, -0.05) is 72.9 Å². The van der Waals surface area contributed by atoms with Gasteiger partial charge in [-0.05, 0) is 17.3 Å². The Morgan fingerprint density at radius 2 is 1.43 bits per heavy atom. The molecule has 2 aromatic rings. The molecule has 1 N–H and O–H groups in total. The summed E-state index contributed by atoms with van der Waals surface area (Å²) in [6.45, 7) is 7.21. The molecule has 1 unspecified atom stereocenters. The molecule has 0 bridgehead atoms. The smallest absolute Gasteiger partial charge is 0.211 e. The minimum Gasteiger partial charge on any atom is -0.418 e. The lowest BCUT2D eigenvalue weighted by atomic mass is 10.2. The van der Waals surface area contributed by atoms with Gasteiger partial charge < -0.3 is 9.53 Å². The second-order valence-electron chi connectivity index (χ2n) is 6.08. The number of rotatable bonds is 5. The van der Waals surface area contributed by atoms with Crippen LogP contribution in [-0.4, -0.2) is 27.6 Å². The molecule has 4 heteroatoms. The Morgan fingerprint density at radius 1 is 0.857 bits per heavy atom. The molecule has 2 rings (SSSR count). The van der Waals surface area contributed by atoms with Crippen LogP contribution in [0, 0.1) is 0 Å². The molecule has 1 atom stereocenters. The van der Waals surface area contributed by atoms with Gasteiger partial charge in [0.2, 0.25) is 7.83 Å². The minimum atomic E-state index is -2.05. The SMILES string of the molecule is CO[Si](C)(c1ccc(CO)cc1)[Si](C)(C)c1ccccc1. The van der Waals surface area contributed by atoms with E-state index in [1.165, 1.54) is 10.4 Å². The van der Waals surface area contributed by atoms with Crippen LogP contribution in [-0.2, 0) is 11.0 Å². The summed E-state index contributed by atoms with van der Waals surface area (Å²) in [7, 11) is -1.94. The van der Waals surface area contributed by atoms with Crippen LogP contribution in [0.1, 0.15) is 5.56 Å². The molecular weight excluding hydrogens is 292 g/mol. The maximum absolute atomic E-state index is 9.22. The van der Waals surface area contributed by atoms with E-state index in [1.807, 2.05) is 19.2 Å². The fourth-order valence-electron chi connectivity index (χ4n) is 2.79. The molecule has 0 fully saturated rings. The van der Waals surface area contributed by atoms with Crippen molar-refractivity contribution in [3.05, 3.63) is 60.2 Å².